The van der Waals surface area contributed by atoms with Crippen LogP contribution >= 0.6 is 0 Å². The molecule has 1 rings (SSSR count). The summed E-state index contributed by atoms with van der Waals surface area (Å²) < 4.78 is 5.83. The van der Waals surface area contributed by atoms with Gasteiger partial charge in [0.1, 0.15) is 0 Å². The largest absolute Gasteiger partial charge is 0.375 e. The molecule has 1 aliphatic carbocycles. The molecule has 1 aliphatic rings. The second-order valence-corrected chi connectivity index (χ2v) is 5.64. The van der Waals surface area contributed by atoms with Gasteiger partial charge in [0.15, 0.2) is 0 Å². The molecule has 0 radical (unpaired) electrons. The summed E-state index contributed by atoms with van der Waals surface area (Å²) in [5, 5.41) is 0. The van der Waals surface area contributed by atoms with Gasteiger partial charge in [-0.25, -0.2) is 0 Å². The van der Waals surface area contributed by atoms with Crippen molar-refractivity contribution in [3.05, 3.63) is 0 Å². The molecule has 13 heavy (non-hydrogen) atoms. The molecule has 0 bridgehead atoms. The maximum absolute atomic E-state index is 5.83. The Balaban J connectivity index is 2.28. The zero-order chi connectivity index (χ0) is 10.1. The molecule has 78 valence electrons. The Morgan fingerprint density at radius 3 is 2.08 bits per heavy atom. The zero-order valence-corrected chi connectivity index (χ0v) is 9.68. The van der Waals surface area contributed by atoms with Crippen LogP contribution in [-0.4, -0.2) is 37.7 Å². The minimum atomic E-state index is 0.0158. The van der Waals surface area contributed by atoms with Crippen LogP contribution in [0.15, 0.2) is 0 Å². The highest BCUT2D eigenvalue weighted by atomic mass is 16.5. The van der Waals surface area contributed by atoms with Crippen LogP contribution in [0.3, 0.4) is 0 Å². The molecule has 0 saturated heterocycles. The highest BCUT2D eigenvalue weighted by Crippen LogP contribution is 2.46. The van der Waals surface area contributed by atoms with Crippen molar-refractivity contribution >= 4 is 0 Å². The molecule has 0 aliphatic heterocycles. The first-order valence-corrected chi connectivity index (χ1v) is 5.12. The van der Waals surface area contributed by atoms with Crippen LogP contribution in [-0.2, 0) is 4.74 Å². The molecule has 2 nitrogen and oxygen atoms in total. The van der Waals surface area contributed by atoms with Gasteiger partial charge in [-0.1, -0.05) is 0 Å². The van der Waals surface area contributed by atoms with Crippen LogP contribution in [0, 0.1) is 5.41 Å². The number of hydrogen-bond acceptors (Lipinski definition) is 2. The monoisotopic (exact) mass is 185 g/mol. The Morgan fingerprint density at radius 1 is 1.23 bits per heavy atom. The molecule has 0 heterocycles. The summed E-state index contributed by atoms with van der Waals surface area (Å²) in [6.07, 6.45) is 2.67. The minimum Gasteiger partial charge on any atom is -0.375 e. The second kappa shape index (κ2) is 3.58. The highest BCUT2D eigenvalue weighted by molar-refractivity contribution is 4.95. The smallest absolute Gasteiger partial charge is 0.0598 e. The Kier molecular flexibility index (Phi) is 3.03. The molecule has 0 aromatic heterocycles. The van der Waals surface area contributed by atoms with Crippen LogP contribution in [0.5, 0.6) is 0 Å². The van der Waals surface area contributed by atoms with E-state index < -0.39 is 0 Å². The predicted molar refractivity (Wildman–Crippen MR) is 55.9 cm³/mol. The van der Waals surface area contributed by atoms with E-state index in [1.54, 1.807) is 0 Å². The van der Waals surface area contributed by atoms with E-state index >= 15 is 0 Å². The van der Waals surface area contributed by atoms with Crippen LogP contribution in [0.2, 0.25) is 0 Å². The molecule has 0 aromatic carbocycles. The van der Waals surface area contributed by atoms with Crippen molar-refractivity contribution in [2.24, 2.45) is 5.41 Å². The average Bonchev–Trinajstić information content (AvgIpc) is 2.63. The fourth-order valence-corrected chi connectivity index (χ4v) is 1.57. The molecule has 1 saturated carbocycles. The molecule has 0 spiro atoms. The number of hydrogen-bond donors (Lipinski definition) is 0. The fourth-order valence-electron chi connectivity index (χ4n) is 1.57. The van der Waals surface area contributed by atoms with Gasteiger partial charge in [-0.15, -0.1) is 0 Å². The van der Waals surface area contributed by atoms with E-state index in [4.69, 9.17) is 4.74 Å². The van der Waals surface area contributed by atoms with Gasteiger partial charge in [-0.05, 0) is 47.7 Å². The van der Waals surface area contributed by atoms with Crippen molar-refractivity contribution in [3.8, 4) is 0 Å². The maximum atomic E-state index is 5.83. The summed E-state index contributed by atoms with van der Waals surface area (Å²) in [6.45, 7) is 8.47. The molecule has 0 N–H and O–H groups in total. The standard InChI is InChI=1S/C11H23NO/c1-10(2,3)13-9-11(6-7-11)8-12(4)5/h6-9H2,1-5H3. The van der Waals surface area contributed by atoms with Crippen molar-refractivity contribution in [2.75, 3.05) is 27.2 Å². The van der Waals surface area contributed by atoms with E-state index in [0.29, 0.717) is 5.41 Å². The van der Waals surface area contributed by atoms with Crippen LogP contribution in [0.1, 0.15) is 33.6 Å². The summed E-state index contributed by atoms with van der Waals surface area (Å²) in [5.74, 6) is 0. The van der Waals surface area contributed by atoms with Gasteiger partial charge in [0, 0.05) is 12.0 Å². The average molecular weight is 185 g/mol. The van der Waals surface area contributed by atoms with Crippen molar-refractivity contribution in [1.29, 1.82) is 0 Å². The van der Waals surface area contributed by atoms with Gasteiger partial charge in [0.05, 0.1) is 12.2 Å². The summed E-state index contributed by atoms with van der Waals surface area (Å²) in [4.78, 5) is 2.26. The van der Waals surface area contributed by atoms with E-state index in [1.807, 2.05) is 0 Å². The molecule has 0 unspecified atom stereocenters. The number of nitrogens with zero attached hydrogens (tertiary/aromatic N) is 1. The molecule has 0 atom stereocenters. The molecule has 0 amide bonds. The number of rotatable bonds is 4. The van der Waals surface area contributed by atoms with Gasteiger partial charge < -0.3 is 9.64 Å². The van der Waals surface area contributed by atoms with E-state index in [1.165, 1.54) is 19.4 Å². The van der Waals surface area contributed by atoms with Gasteiger partial charge in [0.25, 0.3) is 0 Å². The third kappa shape index (κ3) is 4.10. The third-order valence-electron chi connectivity index (χ3n) is 2.42. The van der Waals surface area contributed by atoms with Gasteiger partial charge in [-0.3, -0.25) is 0 Å². The minimum absolute atomic E-state index is 0.0158. The lowest BCUT2D eigenvalue weighted by Gasteiger charge is -2.26. The zero-order valence-electron chi connectivity index (χ0n) is 9.68. The van der Waals surface area contributed by atoms with E-state index in [2.05, 4.69) is 39.8 Å². The summed E-state index contributed by atoms with van der Waals surface area (Å²) in [7, 11) is 4.27. The Hall–Kier alpha value is -0.0800. The first kappa shape index (κ1) is 11.0. The maximum Gasteiger partial charge on any atom is 0.0598 e. The lowest BCUT2D eigenvalue weighted by molar-refractivity contribution is -0.0317. The summed E-state index contributed by atoms with van der Waals surface area (Å²) >= 11 is 0. The summed E-state index contributed by atoms with van der Waals surface area (Å²) in [5.41, 5.74) is 0.499. The molecular formula is C11H23NO. The predicted octanol–water partition coefficient (Wildman–Crippen LogP) is 2.14. The second-order valence-electron chi connectivity index (χ2n) is 5.64. The molecule has 0 aromatic rings. The van der Waals surface area contributed by atoms with Gasteiger partial charge in [-0.2, -0.15) is 0 Å². The van der Waals surface area contributed by atoms with E-state index in [9.17, 15) is 0 Å². The quantitative estimate of drug-likeness (QED) is 0.665. The van der Waals surface area contributed by atoms with Crippen LogP contribution in [0.25, 0.3) is 0 Å². The fraction of sp³-hybridized carbons (Fsp3) is 1.00. The Bertz CT molecular complexity index is 165. The first-order valence-electron chi connectivity index (χ1n) is 5.12. The van der Waals surface area contributed by atoms with Crippen LogP contribution in [0.4, 0.5) is 0 Å². The van der Waals surface area contributed by atoms with E-state index in [-0.39, 0.29) is 5.60 Å². The van der Waals surface area contributed by atoms with Crippen molar-refractivity contribution < 1.29 is 4.74 Å². The van der Waals surface area contributed by atoms with Crippen molar-refractivity contribution in [3.63, 3.8) is 0 Å². The summed E-state index contributed by atoms with van der Waals surface area (Å²) in [6, 6.07) is 0. The normalized spacial score (nSPS) is 20.8. The van der Waals surface area contributed by atoms with E-state index in [0.717, 1.165) is 6.61 Å². The van der Waals surface area contributed by atoms with Gasteiger partial charge in [0.2, 0.25) is 0 Å². The molecule has 1 fully saturated rings. The SMILES string of the molecule is CN(C)CC1(COC(C)(C)C)CC1. The topological polar surface area (TPSA) is 12.5 Å². The number of ether oxygens (including phenoxy) is 1. The lowest BCUT2D eigenvalue weighted by atomic mass is 10.1. The first-order chi connectivity index (χ1) is 5.83. The Labute approximate surface area is 82.3 Å². The van der Waals surface area contributed by atoms with Crippen molar-refractivity contribution in [2.45, 2.75) is 39.2 Å². The lowest BCUT2D eigenvalue weighted by Crippen LogP contribution is -2.30. The molecule has 2 heteroatoms. The van der Waals surface area contributed by atoms with Crippen LogP contribution < -0.4 is 0 Å². The third-order valence-corrected chi connectivity index (χ3v) is 2.42. The van der Waals surface area contributed by atoms with Gasteiger partial charge >= 0.3 is 0 Å². The Morgan fingerprint density at radius 2 is 1.77 bits per heavy atom. The highest BCUT2D eigenvalue weighted by Gasteiger charge is 2.43. The molecular weight excluding hydrogens is 162 g/mol. The van der Waals surface area contributed by atoms with Crippen molar-refractivity contribution in [1.82, 2.24) is 4.90 Å².